The quantitative estimate of drug-likeness (QED) is 0.862. The van der Waals surface area contributed by atoms with Gasteiger partial charge in [0, 0.05) is 24.5 Å². The maximum atomic E-state index is 12.9. The second-order valence-corrected chi connectivity index (χ2v) is 7.41. The molecule has 0 bridgehead atoms. The number of aromatic nitrogens is 2. The van der Waals surface area contributed by atoms with Crippen LogP contribution in [-0.4, -0.2) is 46.3 Å². The van der Waals surface area contributed by atoms with Crippen LogP contribution in [0.25, 0.3) is 10.8 Å². The minimum atomic E-state index is -0.207. The zero-order chi connectivity index (χ0) is 18.7. The number of carbonyl (C=O) groups is 1. The fourth-order valence-corrected chi connectivity index (χ4v) is 3.71. The van der Waals surface area contributed by atoms with Gasteiger partial charge >= 0.3 is 0 Å². The highest BCUT2D eigenvalue weighted by atomic mass is 16.2. The van der Waals surface area contributed by atoms with Crippen LogP contribution in [0, 0.1) is 5.92 Å². The first-order valence-electron chi connectivity index (χ1n) is 9.53. The SMILES string of the molecule is CCN1CCC[C@H]1CNC(=O)c1nn(CC(C)C)c(=O)c2ccccc12. The van der Waals surface area contributed by atoms with Crippen molar-refractivity contribution >= 4 is 16.7 Å². The Labute approximate surface area is 154 Å². The number of amides is 1. The summed E-state index contributed by atoms with van der Waals surface area (Å²) in [5.41, 5.74) is 0.195. The number of hydrogen-bond acceptors (Lipinski definition) is 4. The molecule has 1 N–H and O–H groups in total. The smallest absolute Gasteiger partial charge is 0.274 e. The van der Waals surface area contributed by atoms with E-state index in [0.29, 0.717) is 35.6 Å². The highest BCUT2D eigenvalue weighted by molar-refractivity contribution is 6.04. The van der Waals surface area contributed by atoms with Crippen molar-refractivity contribution in [2.45, 2.75) is 46.2 Å². The van der Waals surface area contributed by atoms with E-state index in [9.17, 15) is 9.59 Å². The molecule has 26 heavy (non-hydrogen) atoms. The molecule has 0 saturated carbocycles. The summed E-state index contributed by atoms with van der Waals surface area (Å²) in [6.07, 6.45) is 2.28. The number of fused-ring (bicyclic) bond motifs is 1. The van der Waals surface area contributed by atoms with Gasteiger partial charge in [-0.2, -0.15) is 5.10 Å². The van der Waals surface area contributed by atoms with Gasteiger partial charge in [0.25, 0.3) is 11.5 Å². The maximum absolute atomic E-state index is 12.9. The Morgan fingerprint density at radius 3 is 2.73 bits per heavy atom. The van der Waals surface area contributed by atoms with Crippen molar-refractivity contribution in [2.75, 3.05) is 19.6 Å². The van der Waals surface area contributed by atoms with Crippen LogP contribution >= 0.6 is 0 Å². The summed E-state index contributed by atoms with van der Waals surface area (Å²) < 4.78 is 1.43. The molecule has 1 aromatic carbocycles. The van der Waals surface area contributed by atoms with Crippen molar-refractivity contribution in [1.82, 2.24) is 20.0 Å². The van der Waals surface area contributed by atoms with Crippen molar-refractivity contribution in [3.05, 3.63) is 40.3 Å². The van der Waals surface area contributed by atoms with Gasteiger partial charge in [0.1, 0.15) is 0 Å². The van der Waals surface area contributed by atoms with Crippen molar-refractivity contribution in [1.29, 1.82) is 0 Å². The monoisotopic (exact) mass is 356 g/mol. The highest BCUT2D eigenvalue weighted by Gasteiger charge is 2.24. The first-order chi connectivity index (χ1) is 12.5. The zero-order valence-electron chi connectivity index (χ0n) is 15.9. The summed E-state index contributed by atoms with van der Waals surface area (Å²) in [5, 5.41) is 8.61. The largest absolute Gasteiger partial charge is 0.349 e. The van der Waals surface area contributed by atoms with Gasteiger partial charge in [-0.1, -0.05) is 39.0 Å². The van der Waals surface area contributed by atoms with E-state index in [-0.39, 0.29) is 17.4 Å². The van der Waals surface area contributed by atoms with Gasteiger partial charge in [0.05, 0.1) is 5.39 Å². The van der Waals surface area contributed by atoms with Gasteiger partial charge < -0.3 is 5.32 Å². The van der Waals surface area contributed by atoms with Gasteiger partial charge in [0.2, 0.25) is 0 Å². The lowest BCUT2D eigenvalue weighted by Crippen LogP contribution is -2.41. The van der Waals surface area contributed by atoms with E-state index in [1.807, 2.05) is 26.0 Å². The second kappa shape index (κ2) is 7.99. The van der Waals surface area contributed by atoms with Gasteiger partial charge in [-0.15, -0.1) is 0 Å². The topological polar surface area (TPSA) is 67.2 Å². The number of carbonyl (C=O) groups excluding carboxylic acids is 1. The average molecular weight is 356 g/mol. The molecule has 6 heteroatoms. The van der Waals surface area contributed by atoms with Gasteiger partial charge in [-0.3, -0.25) is 14.5 Å². The first-order valence-corrected chi connectivity index (χ1v) is 9.53. The van der Waals surface area contributed by atoms with Crippen LogP contribution in [0.1, 0.15) is 44.1 Å². The molecule has 140 valence electrons. The normalized spacial score (nSPS) is 17.9. The fourth-order valence-electron chi connectivity index (χ4n) is 3.71. The maximum Gasteiger partial charge on any atom is 0.274 e. The molecule has 1 saturated heterocycles. The van der Waals surface area contributed by atoms with Crippen LogP contribution < -0.4 is 10.9 Å². The lowest BCUT2D eigenvalue weighted by atomic mass is 10.1. The summed E-state index contributed by atoms with van der Waals surface area (Å²) in [4.78, 5) is 27.9. The summed E-state index contributed by atoms with van der Waals surface area (Å²) in [6.45, 7) is 9.42. The van der Waals surface area contributed by atoms with Gasteiger partial charge in [-0.05, 0) is 37.9 Å². The van der Waals surface area contributed by atoms with E-state index in [4.69, 9.17) is 0 Å². The van der Waals surface area contributed by atoms with Crippen LogP contribution in [-0.2, 0) is 6.54 Å². The van der Waals surface area contributed by atoms with Crippen molar-refractivity contribution in [2.24, 2.45) is 5.92 Å². The van der Waals surface area contributed by atoms with E-state index in [0.717, 1.165) is 19.5 Å². The number of likely N-dealkylation sites (N-methyl/N-ethyl adjacent to an activating group) is 1. The Morgan fingerprint density at radius 1 is 1.31 bits per heavy atom. The fraction of sp³-hybridized carbons (Fsp3) is 0.550. The number of rotatable bonds is 6. The molecular weight excluding hydrogens is 328 g/mol. The number of hydrogen-bond donors (Lipinski definition) is 1. The summed E-state index contributed by atoms with van der Waals surface area (Å²) in [7, 11) is 0. The third-order valence-corrected chi connectivity index (χ3v) is 5.02. The zero-order valence-corrected chi connectivity index (χ0v) is 15.9. The molecule has 0 unspecified atom stereocenters. The van der Waals surface area contributed by atoms with Crippen molar-refractivity contribution in [3.8, 4) is 0 Å². The van der Waals surface area contributed by atoms with E-state index >= 15 is 0 Å². The molecule has 1 aliphatic heterocycles. The number of nitrogens with zero attached hydrogens (tertiary/aromatic N) is 3. The summed E-state index contributed by atoms with van der Waals surface area (Å²) in [6, 6.07) is 7.61. The molecule has 1 amide bonds. The van der Waals surface area contributed by atoms with Crippen LogP contribution in [0.15, 0.2) is 29.1 Å². The predicted octanol–water partition coefficient (Wildman–Crippen LogP) is 2.27. The number of nitrogens with one attached hydrogen (secondary N) is 1. The molecule has 1 fully saturated rings. The third kappa shape index (κ3) is 3.80. The Hall–Kier alpha value is -2.21. The molecule has 1 atom stereocenters. The van der Waals surface area contributed by atoms with Gasteiger partial charge in [0.15, 0.2) is 5.69 Å². The lowest BCUT2D eigenvalue weighted by Gasteiger charge is -2.23. The highest BCUT2D eigenvalue weighted by Crippen LogP contribution is 2.17. The van der Waals surface area contributed by atoms with E-state index in [1.165, 1.54) is 11.1 Å². The molecular formula is C20H28N4O2. The minimum Gasteiger partial charge on any atom is -0.349 e. The van der Waals surface area contributed by atoms with E-state index in [2.05, 4.69) is 22.2 Å². The Kier molecular flexibility index (Phi) is 5.71. The molecule has 0 radical (unpaired) electrons. The first kappa shape index (κ1) is 18.6. The average Bonchev–Trinajstić information content (AvgIpc) is 3.09. The number of likely N-dealkylation sites (tertiary alicyclic amines) is 1. The van der Waals surface area contributed by atoms with Crippen LogP contribution in [0.4, 0.5) is 0 Å². The Bertz CT molecular complexity index is 843. The van der Waals surface area contributed by atoms with Crippen LogP contribution in [0.5, 0.6) is 0 Å². The molecule has 1 aliphatic rings. The molecule has 6 nitrogen and oxygen atoms in total. The van der Waals surface area contributed by atoms with E-state index in [1.54, 1.807) is 12.1 Å². The van der Waals surface area contributed by atoms with Crippen molar-refractivity contribution in [3.63, 3.8) is 0 Å². The molecule has 0 spiro atoms. The molecule has 0 aliphatic carbocycles. The van der Waals surface area contributed by atoms with Gasteiger partial charge in [-0.25, -0.2) is 4.68 Å². The predicted molar refractivity (Wildman–Crippen MR) is 103 cm³/mol. The Morgan fingerprint density at radius 2 is 2.04 bits per heavy atom. The van der Waals surface area contributed by atoms with Crippen LogP contribution in [0.3, 0.4) is 0 Å². The molecule has 3 rings (SSSR count). The summed E-state index contributed by atoms with van der Waals surface area (Å²) >= 11 is 0. The molecule has 1 aromatic heterocycles. The standard InChI is InChI=1S/C20H28N4O2/c1-4-23-11-7-8-15(23)12-21-19(25)18-16-9-5-6-10-17(16)20(26)24(22-18)13-14(2)3/h5-6,9-10,14-15H,4,7-8,11-13H2,1-3H3,(H,21,25)/t15-/m0/s1. The minimum absolute atomic E-state index is 0.140. The van der Waals surface area contributed by atoms with Crippen molar-refractivity contribution < 1.29 is 4.79 Å². The van der Waals surface area contributed by atoms with Crippen LogP contribution in [0.2, 0.25) is 0 Å². The third-order valence-electron chi connectivity index (χ3n) is 5.02. The second-order valence-electron chi connectivity index (χ2n) is 7.41. The Balaban J connectivity index is 1.89. The lowest BCUT2D eigenvalue weighted by molar-refractivity contribution is 0.0935. The molecule has 2 heterocycles. The number of benzene rings is 1. The summed E-state index contributed by atoms with van der Waals surface area (Å²) in [5.74, 6) is 0.0653. The van der Waals surface area contributed by atoms with E-state index < -0.39 is 0 Å². The molecule has 2 aromatic rings.